The van der Waals surface area contributed by atoms with Gasteiger partial charge in [-0.25, -0.2) is 0 Å². The Balaban J connectivity index is 2.07. The lowest BCUT2D eigenvalue weighted by atomic mass is 9.76. The van der Waals surface area contributed by atoms with Gasteiger partial charge < -0.3 is 11.5 Å². The molecule has 1 unspecified atom stereocenters. The van der Waals surface area contributed by atoms with Crippen molar-refractivity contribution in [1.29, 1.82) is 0 Å². The van der Waals surface area contributed by atoms with Gasteiger partial charge in [0, 0.05) is 24.9 Å². The van der Waals surface area contributed by atoms with E-state index in [1.54, 1.807) is 0 Å². The summed E-state index contributed by atoms with van der Waals surface area (Å²) >= 11 is 0. The van der Waals surface area contributed by atoms with Crippen molar-refractivity contribution in [1.82, 2.24) is 0 Å². The number of rotatable bonds is 7. The second-order valence-corrected chi connectivity index (χ2v) is 6.78. The summed E-state index contributed by atoms with van der Waals surface area (Å²) in [6.45, 7) is 3.39. The lowest BCUT2D eigenvalue weighted by Crippen LogP contribution is -2.15. The zero-order valence-electron chi connectivity index (χ0n) is 15.0. The van der Waals surface area contributed by atoms with Gasteiger partial charge in [-0.1, -0.05) is 85.7 Å². The highest BCUT2D eigenvalue weighted by molar-refractivity contribution is 5.43. The monoisotopic (exact) mass is 332 g/mol. The number of nitrogens with two attached hydrogens (primary N) is 2. The zero-order valence-corrected chi connectivity index (χ0v) is 15.0. The summed E-state index contributed by atoms with van der Waals surface area (Å²) in [5.74, 6) is 0.704. The Bertz CT molecular complexity index is 726. The van der Waals surface area contributed by atoms with Crippen LogP contribution in [0.3, 0.4) is 0 Å². The number of benzene rings is 2. The summed E-state index contributed by atoms with van der Waals surface area (Å²) < 4.78 is 0. The Morgan fingerprint density at radius 2 is 1.52 bits per heavy atom. The highest BCUT2D eigenvalue weighted by atomic mass is 14.5. The van der Waals surface area contributed by atoms with E-state index in [0.717, 1.165) is 6.42 Å². The number of hydrogen-bond donors (Lipinski definition) is 2. The van der Waals surface area contributed by atoms with Crippen molar-refractivity contribution >= 4 is 0 Å². The zero-order chi connectivity index (χ0) is 17.6. The van der Waals surface area contributed by atoms with Crippen LogP contribution in [0.15, 0.2) is 72.3 Å². The molecule has 0 heterocycles. The maximum absolute atomic E-state index is 5.89. The largest absolute Gasteiger partial charge is 0.326 e. The molecule has 2 aromatic rings. The summed E-state index contributed by atoms with van der Waals surface area (Å²) in [7, 11) is 0. The summed E-state index contributed by atoms with van der Waals surface area (Å²) in [6, 6.07) is 17.4. The first kappa shape index (κ1) is 17.7. The first-order chi connectivity index (χ1) is 12.3. The smallest absolute Gasteiger partial charge is 0.0190 e. The van der Waals surface area contributed by atoms with Crippen LogP contribution in [0.2, 0.25) is 0 Å². The highest BCUT2D eigenvalue weighted by Gasteiger charge is 2.27. The number of allylic oxidation sites excluding steroid dienone is 4. The van der Waals surface area contributed by atoms with Crippen LogP contribution in [0.25, 0.3) is 0 Å². The van der Waals surface area contributed by atoms with Gasteiger partial charge in [-0.15, -0.1) is 0 Å². The predicted octanol–water partition coefficient (Wildman–Crippen LogP) is 4.65. The third-order valence-corrected chi connectivity index (χ3v) is 5.05. The molecule has 1 aliphatic rings. The van der Waals surface area contributed by atoms with Gasteiger partial charge >= 0.3 is 0 Å². The van der Waals surface area contributed by atoms with Crippen molar-refractivity contribution in [2.45, 2.75) is 38.8 Å². The fraction of sp³-hybridized carbons (Fsp3) is 0.304. The Hall–Kier alpha value is -2.16. The van der Waals surface area contributed by atoms with Crippen LogP contribution in [-0.4, -0.2) is 0 Å². The maximum Gasteiger partial charge on any atom is 0.0190 e. The van der Waals surface area contributed by atoms with E-state index >= 15 is 0 Å². The quantitative estimate of drug-likeness (QED) is 0.775. The van der Waals surface area contributed by atoms with Gasteiger partial charge in [0.1, 0.15) is 0 Å². The van der Waals surface area contributed by atoms with Crippen LogP contribution in [0.1, 0.15) is 47.9 Å². The van der Waals surface area contributed by atoms with E-state index in [1.165, 1.54) is 34.2 Å². The molecule has 2 nitrogen and oxygen atoms in total. The fourth-order valence-corrected chi connectivity index (χ4v) is 3.83. The molecule has 1 aliphatic carbocycles. The summed E-state index contributed by atoms with van der Waals surface area (Å²) in [5, 5.41) is 0. The molecule has 0 fully saturated rings. The number of hydrogen-bond acceptors (Lipinski definition) is 2. The third-order valence-electron chi connectivity index (χ3n) is 5.05. The van der Waals surface area contributed by atoms with E-state index in [0.29, 0.717) is 24.9 Å². The van der Waals surface area contributed by atoms with E-state index in [9.17, 15) is 0 Å². The normalized spacial score (nSPS) is 16.5. The first-order valence-corrected chi connectivity index (χ1v) is 9.22. The molecule has 3 rings (SSSR count). The molecule has 0 spiro atoms. The average Bonchev–Trinajstić information content (AvgIpc) is 3.10. The minimum atomic E-state index is 0.301. The molecular weight excluding hydrogens is 304 g/mol. The van der Waals surface area contributed by atoms with Gasteiger partial charge in [0.05, 0.1) is 0 Å². The minimum Gasteiger partial charge on any atom is -0.326 e. The molecule has 130 valence electrons. The molecule has 0 bridgehead atoms. The molecular formula is C23H28N2. The molecule has 25 heavy (non-hydrogen) atoms. The second kappa shape index (κ2) is 8.28. The Kier molecular flexibility index (Phi) is 5.85. The lowest BCUT2D eigenvalue weighted by molar-refractivity contribution is 0.626. The molecule has 2 heteroatoms. The third kappa shape index (κ3) is 3.92. The van der Waals surface area contributed by atoms with Crippen molar-refractivity contribution in [3.63, 3.8) is 0 Å². The summed E-state index contributed by atoms with van der Waals surface area (Å²) in [5.41, 5.74) is 18.3. The van der Waals surface area contributed by atoms with Crippen molar-refractivity contribution < 1.29 is 0 Å². The molecule has 0 aliphatic heterocycles. The summed E-state index contributed by atoms with van der Waals surface area (Å²) in [6.07, 6.45) is 9.16. The Morgan fingerprint density at radius 3 is 2.04 bits per heavy atom. The standard InChI is InChI=1S/C23H28N2/c1-2-6-19-9-5-12-22(19)23(20-10-3-7-17(13-20)15-24)21-11-4-8-18(14-21)16-25/h3-5,7-14,22-23H,2,6,15-16,24-25H2,1H3. The van der Waals surface area contributed by atoms with Gasteiger partial charge in [0.25, 0.3) is 0 Å². The van der Waals surface area contributed by atoms with E-state index in [-0.39, 0.29) is 0 Å². The van der Waals surface area contributed by atoms with Gasteiger partial charge in [-0.3, -0.25) is 0 Å². The van der Waals surface area contributed by atoms with Crippen LogP contribution < -0.4 is 11.5 Å². The lowest BCUT2D eigenvalue weighted by Gasteiger charge is -2.27. The van der Waals surface area contributed by atoms with Gasteiger partial charge in [0.15, 0.2) is 0 Å². The SMILES string of the molecule is CCCC1=CC=CC1C(c1cccc(CN)c1)c1cccc(CN)c1. The predicted molar refractivity (Wildman–Crippen MR) is 106 cm³/mol. The van der Waals surface area contributed by atoms with E-state index in [4.69, 9.17) is 11.5 Å². The van der Waals surface area contributed by atoms with E-state index < -0.39 is 0 Å². The van der Waals surface area contributed by atoms with Gasteiger partial charge in [-0.05, 0) is 28.7 Å². The van der Waals surface area contributed by atoms with Crippen LogP contribution >= 0.6 is 0 Å². The van der Waals surface area contributed by atoms with Gasteiger partial charge in [0.2, 0.25) is 0 Å². The average molecular weight is 332 g/mol. The molecule has 0 saturated carbocycles. The van der Waals surface area contributed by atoms with E-state index in [1.807, 2.05) is 0 Å². The molecule has 4 N–H and O–H groups in total. The van der Waals surface area contributed by atoms with Crippen LogP contribution in [0.4, 0.5) is 0 Å². The van der Waals surface area contributed by atoms with Crippen molar-refractivity contribution in [3.05, 3.63) is 94.6 Å². The van der Waals surface area contributed by atoms with Crippen LogP contribution in [0, 0.1) is 5.92 Å². The van der Waals surface area contributed by atoms with Crippen LogP contribution in [0.5, 0.6) is 0 Å². The molecule has 1 atom stereocenters. The molecule has 0 amide bonds. The molecule has 0 saturated heterocycles. The summed E-state index contributed by atoms with van der Waals surface area (Å²) in [4.78, 5) is 0. The van der Waals surface area contributed by atoms with Gasteiger partial charge in [-0.2, -0.15) is 0 Å². The first-order valence-electron chi connectivity index (χ1n) is 9.22. The minimum absolute atomic E-state index is 0.301. The van der Waals surface area contributed by atoms with Crippen molar-refractivity contribution in [2.75, 3.05) is 0 Å². The Labute approximate surface area is 151 Å². The van der Waals surface area contributed by atoms with Crippen LogP contribution in [-0.2, 0) is 13.1 Å². The molecule has 0 aromatic heterocycles. The van der Waals surface area contributed by atoms with Crippen molar-refractivity contribution in [2.24, 2.45) is 17.4 Å². The Morgan fingerprint density at radius 1 is 0.920 bits per heavy atom. The molecule has 0 radical (unpaired) electrons. The molecule has 2 aromatic carbocycles. The second-order valence-electron chi connectivity index (χ2n) is 6.78. The highest BCUT2D eigenvalue weighted by Crippen LogP contribution is 2.41. The topological polar surface area (TPSA) is 52.0 Å². The van der Waals surface area contributed by atoms with E-state index in [2.05, 4.69) is 73.7 Å². The fourth-order valence-electron chi connectivity index (χ4n) is 3.83. The van der Waals surface area contributed by atoms with Crippen molar-refractivity contribution in [3.8, 4) is 0 Å². The maximum atomic E-state index is 5.89.